The zero-order chi connectivity index (χ0) is 21.0. The first-order valence-corrected chi connectivity index (χ1v) is 9.17. The van der Waals surface area contributed by atoms with Crippen molar-refractivity contribution in [1.29, 1.82) is 0 Å². The molecule has 0 fully saturated rings. The highest BCUT2D eigenvalue weighted by Gasteiger charge is 2.19. The van der Waals surface area contributed by atoms with Crippen molar-refractivity contribution in [3.63, 3.8) is 0 Å². The predicted octanol–water partition coefficient (Wildman–Crippen LogP) is 4.46. The molecule has 1 aromatic heterocycles. The SMILES string of the molecule is Cc1nn(-c2ccccc2)c(C)c1/C=C/C(=O)O[C@@H](C)C(=O)c1ccc(F)cc1. The Morgan fingerprint density at radius 3 is 2.38 bits per heavy atom. The van der Waals surface area contributed by atoms with E-state index in [4.69, 9.17) is 4.74 Å². The molecule has 0 bridgehead atoms. The molecule has 0 aliphatic carbocycles. The fourth-order valence-electron chi connectivity index (χ4n) is 2.98. The summed E-state index contributed by atoms with van der Waals surface area (Å²) in [5.41, 5.74) is 3.67. The third-order valence-electron chi connectivity index (χ3n) is 4.53. The van der Waals surface area contributed by atoms with Crippen LogP contribution in [0, 0.1) is 19.7 Å². The Morgan fingerprint density at radius 1 is 1.07 bits per heavy atom. The van der Waals surface area contributed by atoms with Crippen LogP contribution in [0.25, 0.3) is 11.8 Å². The van der Waals surface area contributed by atoms with E-state index in [0.29, 0.717) is 0 Å². The third kappa shape index (κ3) is 4.66. The lowest BCUT2D eigenvalue weighted by Crippen LogP contribution is -2.23. The molecule has 0 radical (unpaired) electrons. The molecule has 0 aliphatic heterocycles. The van der Waals surface area contributed by atoms with Crippen molar-refractivity contribution in [2.75, 3.05) is 0 Å². The molecule has 5 nitrogen and oxygen atoms in total. The molecule has 148 valence electrons. The lowest BCUT2D eigenvalue weighted by molar-refractivity contribution is -0.140. The van der Waals surface area contributed by atoms with Gasteiger partial charge in [-0.05, 0) is 63.2 Å². The van der Waals surface area contributed by atoms with Gasteiger partial charge in [0, 0.05) is 22.9 Å². The maximum atomic E-state index is 13.0. The van der Waals surface area contributed by atoms with E-state index in [1.807, 2.05) is 44.2 Å². The van der Waals surface area contributed by atoms with Crippen molar-refractivity contribution in [3.8, 4) is 5.69 Å². The average molecular weight is 392 g/mol. The molecular weight excluding hydrogens is 371 g/mol. The first-order valence-electron chi connectivity index (χ1n) is 9.17. The molecule has 0 saturated heterocycles. The summed E-state index contributed by atoms with van der Waals surface area (Å²) in [6, 6.07) is 14.8. The van der Waals surface area contributed by atoms with Gasteiger partial charge in [0.2, 0.25) is 5.78 Å². The third-order valence-corrected chi connectivity index (χ3v) is 4.53. The van der Waals surface area contributed by atoms with Crippen LogP contribution in [0.4, 0.5) is 4.39 Å². The fraction of sp³-hybridized carbons (Fsp3) is 0.174. The first kappa shape index (κ1) is 20.2. The van der Waals surface area contributed by atoms with Gasteiger partial charge in [0.15, 0.2) is 6.10 Å². The van der Waals surface area contributed by atoms with Crippen molar-refractivity contribution in [2.24, 2.45) is 0 Å². The summed E-state index contributed by atoms with van der Waals surface area (Å²) in [6.45, 7) is 5.26. The minimum absolute atomic E-state index is 0.284. The summed E-state index contributed by atoms with van der Waals surface area (Å²) in [5.74, 6) is -1.47. The van der Waals surface area contributed by atoms with Crippen LogP contribution in [-0.4, -0.2) is 27.6 Å². The molecule has 29 heavy (non-hydrogen) atoms. The second kappa shape index (κ2) is 8.65. The first-order chi connectivity index (χ1) is 13.9. The molecule has 0 saturated carbocycles. The molecule has 0 spiro atoms. The van der Waals surface area contributed by atoms with Gasteiger partial charge in [0.25, 0.3) is 0 Å². The smallest absolute Gasteiger partial charge is 0.331 e. The van der Waals surface area contributed by atoms with Gasteiger partial charge in [-0.25, -0.2) is 13.9 Å². The van der Waals surface area contributed by atoms with Crippen LogP contribution in [0.2, 0.25) is 0 Å². The quantitative estimate of drug-likeness (QED) is 0.353. The normalized spacial score (nSPS) is 12.1. The number of aryl methyl sites for hydroxylation is 1. The number of Topliss-reactive ketones (excluding diaryl/α,β-unsaturated/α-hetero) is 1. The Kier molecular flexibility index (Phi) is 6.02. The second-order valence-corrected chi connectivity index (χ2v) is 6.62. The van der Waals surface area contributed by atoms with Crippen molar-refractivity contribution in [3.05, 3.63) is 89.0 Å². The Labute approximate surface area is 168 Å². The minimum atomic E-state index is -0.980. The number of nitrogens with zero attached hydrogens (tertiary/aromatic N) is 2. The molecule has 1 atom stereocenters. The molecular formula is C23H21FN2O3. The van der Waals surface area contributed by atoms with Crippen LogP contribution in [0.5, 0.6) is 0 Å². The summed E-state index contributed by atoms with van der Waals surface area (Å²) in [4.78, 5) is 24.5. The molecule has 1 heterocycles. The van der Waals surface area contributed by atoms with Crippen LogP contribution >= 0.6 is 0 Å². The molecule has 0 aliphatic rings. The van der Waals surface area contributed by atoms with E-state index in [1.165, 1.54) is 37.3 Å². The Morgan fingerprint density at radius 2 is 1.72 bits per heavy atom. The van der Waals surface area contributed by atoms with Crippen LogP contribution in [0.15, 0.2) is 60.7 Å². The highest BCUT2D eigenvalue weighted by atomic mass is 19.1. The number of para-hydroxylation sites is 1. The topological polar surface area (TPSA) is 61.2 Å². The standard InChI is InChI=1S/C23H21FN2O3/c1-15-21(16(2)26(25-15)20-7-5-4-6-8-20)13-14-22(27)29-17(3)23(28)18-9-11-19(24)12-10-18/h4-14,17H,1-3H3/b14-13+/t17-/m0/s1. The van der Waals surface area contributed by atoms with E-state index in [9.17, 15) is 14.0 Å². The number of rotatable bonds is 6. The van der Waals surface area contributed by atoms with Gasteiger partial charge in [0.1, 0.15) is 5.82 Å². The highest BCUT2D eigenvalue weighted by molar-refractivity contribution is 6.01. The number of aromatic nitrogens is 2. The molecule has 0 unspecified atom stereocenters. The summed E-state index contributed by atoms with van der Waals surface area (Å²) in [6.07, 6.45) is 1.93. The molecule has 0 amide bonds. The van der Waals surface area contributed by atoms with E-state index in [0.717, 1.165) is 22.6 Å². The van der Waals surface area contributed by atoms with Crippen LogP contribution in [0.3, 0.4) is 0 Å². The predicted molar refractivity (Wildman–Crippen MR) is 108 cm³/mol. The van der Waals surface area contributed by atoms with Crippen LogP contribution in [0.1, 0.15) is 34.2 Å². The van der Waals surface area contributed by atoms with Gasteiger partial charge in [-0.2, -0.15) is 5.10 Å². The van der Waals surface area contributed by atoms with E-state index in [2.05, 4.69) is 5.10 Å². The van der Waals surface area contributed by atoms with Gasteiger partial charge < -0.3 is 4.74 Å². The lowest BCUT2D eigenvalue weighted by atomic mass is 10.1. The number of halogens is 1. The zero-order valence-electron chi connectivity index (χ0n) is 16.4. The summed E-state index contributed by atoms with van der Waals surface area (Å²) >= 11 is 0. The molecule has 3 aromatic rings. The van der Waals surface area contributed by atoms with Gasteiger partial charge in [-0.1, -0.05) is 18.2 Å². The molecule has 2 aromatic carbocycles. The second-order valence-electron chi connectivity index (χ2n) is 6.62. The van der Waals surface area contributed by atoms with Gasteiger partial charge in [-0.15, -0.1) is 0 Å². The number of carbonyl (C=O) groups excluding carboxylic acids is 2. The summed E-state index contributed by atoms with van der Waals surface area (Å²) < 4.78 is 20.0. The maximum Gasteiger partial charge on any atom is 0.331 e. The summed E-state index contributed by atoms with van der Waals surface area (Å²) in [5, 5.41) is 4.52. The Bertz CT molecular complexity index is 1050. The number of ether oxygens (including phenoxy) is 1. The molecule has 6 heteroatoms. The van der Waals surface area contributed by atoms with Crippen molar-refractivity contribution < 1.29 is 18.7 Å². The minimum Gasteiger partial charge on any atom is -0.451 e. The highest BCUT2D eigenvalue weighted by Crippen LogP contribution is 2.19. The Balaban J connectivity index is 1.70. The monoisotopic (exact) mass is 392 g/mol. The molecule has 3 rings (SSSR count). The van der Waals surface area contributed by atoms with Crippen LogP contribution < -0.4 is 0 Å². The van der Waals surface area contributed by atoms with Crippen molar-refractivity contribution >= 4 is 17.8 Å². The van der Waals surface area contributed by atoms with Gasteiger partial charge in [-0.3, -0.25) is 4.79 Å². The number of hydrogen-bond acceptors (Lipinski definition) is 4. The van der Waals surface area contributed by atoms with Crippen molar-refractivity contribution in [2.45, 2.75) is 26.9 Å². The van der Waals surface area contributed by atoms with E-state index in [-0.39, 0.29) is 5.56 Å². The number of benzene rings is 2. The lowest BCUT2D eigenvalue weighted by Gasteiger charge is -2.10. The van der Waals surface area contributed by atoms with E-state index < -0.39 is 23.7 Å². The average Bonchev–Trinajstić information content (AvgIpc) is 3.00. The number of ketones is 1. The van der Waals surface area contributed by atoms with E-state index in [1.54, 1.807) is 10.8 Å². The van der Waals surface area contributed by atoms with Crippen molar-refractivity contribution in [1.82, 2.24) is 9.78 Å². The molecule has 0 N–H and O–H groups in total. The zero-order valence-corrected chi connectivity index (χ0v) is 16.4. The number of carbonyl (C=O) groups is 2. The van der Waals surface area contributed by atoms with Crippen LogP contribution in [-0.2, 0) is 9.53 Å². The number of esters is 1. The van der Waals surface area contributed by atoms with Gasteiger partial charge in [0.05, 0.1) is 11.4 Å². The summed E-state index contributed by atoms with van der Waals surface area (Å²) in [7, 11) is 0. The largest absolute Gasteiger partial charge is 0.451 e. The maximum absolute atomic E-state index is 13.0. The fourth-order valence-corrected chi connectivity index (χ4v) is 2.98. The Hall–Kier alpha value is -3.54. The van der Waals surface area contributed by atoms with Gasteiger partial charge >= 0.3 is 5.97 Å². The number of hydrogen-bond donors (Lipinski definition) is 0. The van der Waals surface area contributed by atoms with E-state index >= 15 is 0 Å².